The molecule has 0 aliphatic carbocycles. The first-order valence-electron chi connectivity index (χ1n) is 7.20. The third-order valence-corrected chi connectivity index (χ3v) is 4.33. The molecule has 0 aromatic heterocycles. The van der Waals surface area contributed by atoms with Gasteiger partial charge in [0.25, 0.3) is 0 Å². The van der Waals surface area contributed by atoms with E-state index in [4.69, 9.17) is 10.5 Å². The Morgan fingerprint density at radius 1 is 1.35 bits per heavy atom. The van der Waals surface area contributed by atoms with Gasteiger partial charge in [-0.2, -0.15) is 0 Å². The second kappa shape index (κ2) is 5.83. The summed E-state index contributed by atoms with van der Waals surface area (Å²) in [6, 6.07) is 6.11. The van der Waals surface area contributed by atoms with Crippen molar-refractivity contribution in [3.8, 4) is 5.75 Å². The Kier molecular flexibility index (Phi) is 4.33. The summed E-state index contributed by atoms with van der Waals surface area (Å²) in [5.74, 6) is 0.916. The van der Waals surface area contributed by atoms with Crippen LogP contribution in [0.2, 0.25) is 0 Å². The van der Waals surface area contributed by atoms with Crippen LogP contribution in [0.15, 0.2) is 18.2 Å². The van der Waals surface area contributed by atoms with Crippen LogP contribution in [-0.4, -0.2) is 26.1 Å². The average Bonchev–Trinajstić information content (AvgIpc) is 2.47. The molecule has 110 valence electrons. The number of primary amides is 1. The molecule has 1 aliphatic rings. The molecule has 4 heteroatoms. The summed E-state index contributed by atoms with van der Waals surface area (Å²) >= 11 is 0. The molecular formula is C16H24N2O2. The maximum absolute atomic E-state index is 12.2. The average molecular weight is 276 g/mol. The number of ether oxygens (including phenoxy) is 1. The minimum Gasteiger partial charge on any atom is -0.496 e. The summed E-state index contributed by atoms with van der Waals surface area (Å²) in [7, 11) is 1.64. The van der Waals surface area contributed by atoms with Crippen LogP contribution in [-0.2, 0) is 10.2 Å². The predicted octanol–water partition coefficient (Wildman–Crippen LogP) is 1.93. The smallest absolute Gasteiger partial charge is 0.228 e. The van der Waals surface area contributed by atoms with Crippen LogP contribution in [0.1, 0.15) is 43.7 Å². The molecule has 1 aliphatic heterocycles. The molecule has 3 N–H and O–H groups in total. The number of hydrogen-bond donors (Lipinski definition) is 2. The van der Waals surface area contributed by atoms with Crippen molar-refractivity contribution in [3.63, 3.8) is 0 Å². The zero-order chi connectivity index (χ0) is 14.8. The topological polar surface area (TPSA) is 64.3 Å². The lowest BCUT2D eigenvalue weighted by Gasteiger charge is -2.36. The highest BCUT2D eigenvalue weighted by Crippen LogP contribution is 2.40. The van der Waals surface area contributed by atoms with Gasteiger partial charge in [-0.25, -0.2) is 0 Å². The molecule has 0 unspecified atom stereocenters. The van der Waals surface area contributed by atoms with Gasteiger partial charge in [0.05, 0.1) is 12.5 Å². The fourth-order valence-electron chi connectivity index (χ4n) is 2.96. The number of benzene rings is 1. The molecule has 0 atom stereocenters. The zero-order valence-corrected chi connectivity index (χ0v) is 12.5. The molecule has 0 saturated carbocycles. The van der Waals surface area contributed by atoms with Gasteiger partial charge in [-0.15, -0.1) is 0 Å². The maximum Gasteiger partial charge on any atom is 0.228 e. The van der Waals surface area contributed by atoms with Crippen LogP contribution < -0.4 is 15.8 Å². The maximum atomic E-state index is 12.2. The number of nitrogens with two attached hydrogens (primary N) is 1. The van der Waals surface area contributed by atoms with Crippen molar-refractivity contribution < 1.29 is 9.53 Å². The molecule has 1 saturated heterocycles. The first-order valence-corrected chi connectivity index (χ1v) is 7.20. The molecule has 4 nitrogen and oxygen atoms in total. The fraction of sp³-hybridized carbons (Fsp3) is 0.562. The van der Waals surface area contributed by atoms with Crippen LogP contribution in [0, 0.1) is 0 Å². The lowest BCUT2D eigenvalue weighted by Crippen LogP contribution is -2.49. The highest BCUT2D eigenvalue weighted by molar-refractivity contribution is 5.88. The Labute approximate surface area is 120 Å². The van der Waals surface area contributed by atoms with E-state index in [0.29, 0.717) is 5.92 Å². The van der Waals surface area contributed by atoms with Gasteiger partial charge in [0.15, 0.2) is 0 Å². The van der Waals surface area contributed by atoms with Gasteiger partial charge in [-0.3, -0.25) is 4.79 Å². The molecule has 0 spiro atoms. The third-order valence-electron chi connectivity index (χ3n) is 4.33. The summed E-state index contributed by atoms with van der Waals surface area (Å²) in [5, 5.41) is 3.29. The van der Waals surface area contributed by atoms with E-state index in [2.05, 4.69) is 31.3 Å². The van der Waals surface area contributed by atoms with Crippen LogP contribution >= 0.6 is 0 Å². The van der Waals surface area contributed by atoms with Crippen molar-refractivity contribution in [2.75, 3.05) is 20.2 Å². The molecule has 1 amide bonds. The van der Waals surface area contributed by atoms with Gasteiger partial charge < -0.3 is 15.8 Å². The monoisotopic (exact) mass is 276 g/mol. The second-order valence-corrected chi connectivity index (χ2v) is 5.81. The number of amides is 1. The van der Waals surface area contributed by atoms with Gasteiger partial charge in [0.2, 0.25) is 5.91 Å². The largest absolute Gasteiger partial charge is 0.496 e. The Balaban J connectivity index is 2.56. The van der Waals surface area contributed by atoms with Crippen molar-refractivity contribution in [2.45, 2.75) is 38.0 Å². The summed E-state index contributed by atoms with van der Waals surface area (Å²) in [4.78, 5) is 12.2. The van der Waals surface area contributed by atoms with Crippen molar-refractivity contribution in [2.24, 2.45) is 5.73 Å². The first kappa shape index (κ1) is 14.9. The van der Waals surface area contributed by atoms with Gasteiger partial charge in [0, 0.05) is 5.56 Å². The van der Waals surface area contributed by atoms with Crippen molar-refractivity contribution in [1.29, 1.82) is 0 Å². The van der Waals surface area contributed by atoms with E-state index < -0.39 is 5.41 Å². The lowest BCUT2D eigenvalue weighted by molar-refractivity contribution is -0.124. The lowest BCUT2D eigenvalue weighted by atomic mass is 9.71. The Morgan fingerprint density at radius 2 is 2.00 bits per heavy atom. The highest BCUT2D eigenvalue weighted by atomic mass is 16.5. The Morgan fingerprint density at radius 3 is 2.50 bits per heavy atom. The van der Waals surface area contributed by atoms with Crippen molar-refractivity contribution >= 4 is 5.91 Å². The normalized spacial score (nSPS) is 18.0. The summed E-state index contributed by atoms with van der Waals surface area (Å²) < 4.78 is 5.48. The number of hydrogen-bond acceptors (Lipinski definition) is 3. The standard InChI is InChI=1S/C16H24N2O2/c1-11(2)12-4-5-14(20-3)13(10-12)16(15(17)19)6-8-18-9-7-16/h4-5,10-11,18H,6-9H2,1-3H3,(H2,17,19). The minimum absolute atomic E-state index is 0.252. The fourth-order valence-corrected chi connectivity index (χ4v) is 2.96. The Hall–Kier alpha value is -1.55. The zero-order valence-electron chi connectivity index (χ0n) is 12.5. The molecule has 1 fully saturated rings. The second-order valence-electron chi connectivity index (χ2n) is 5.81. The van der Waals surface area contributed by atoms with E-state index in [1.165, 1.54) is 5.56 Å². The molecule has 2 rings (SSSR count). The predicted molar refractivity (Wildman–Crippen MR) is 80.1 cm³/mol. The Bertz CT molecular complexity index is 491. The summed E-state index contributed by atoms with van der Waals surface area (Å²) in [6.45, 7) is 5.89. The quantitative estimate of drug-likeness (QED) is 0.883. The molecule has 1 heterocycles. The summed E-state index contributed by atoms with van der Waals surface area (Å²) in [5.41, 5.74) is 7.30. The van der Waals surface area contributed by atoms with Gasteiger partial charge >= 0.3 is 0 Å². The van der Waals surface area contributed by atoms with Crippen molar-refractivity contribution in [3.05, 3.63) is 29.3 Å². The van der Waals surface area contributed by atoms with Gasteiger partial charge in [-0.05, 0) is 43.5 Å². The summed E-state index contributed by atoms with van der Waals surface area (Å²) in [6.07, 6.45) is 1.44. The van der Waals surface area contributed by atoms with Gasteiger partial charge in [0.1, 0.15) is 5.75 Å². The van der Waals surface area contributed by atoms with E-state index in [0.717, 1.165) is 37.2 Å². The van der Waals surface area contributed by atoms with E-state index in [-0.39, 0.29) is 5.91 Å². The van der Waals surface area contributed by atoms with E-state index in [1.807, 2.05) is 6.07 Å². The van der Waals surface area contributed by atoms with Crippen LogP contribution in [0.25, 0.3) is 0 Å². The number of carbonyl (C=O) groups excluding carboxylic acids is 1. The van der Waals surface area contributed by atoms with Crippen molar-refractivity contribution in [1.82, 2.24) is 5.32 Å². The van der Waals surface area contributed by atoms with Crippen LogP contribution in [0.5, 0.6) is 5.75 Å². The number of methoxy groups -OCH3 is 1. The third kappa shape index (κ3) is 2.52. The van der Waals surface area contributed by atoms with Crippen LogP contribution in [0.3, 0.4) is 0 Å². The molecule has 0 radical (unpaired) electrons. The molecule has 1 aromatic carbocycles. The molecular weight excluding hydrogens is 252 g/mol. The highest BCUT2D eigenvalue weighted by Gasteiger charge is 2.41. The van der Waals surface area contributed by atoms with E-state index in [9.17, 15) is 4.79 Å². The van der Waals surface area contributed by atoms with E-state index >= 15 is 0 Å². The number of rotatable bonds is 4. The number of piperidine rings is 1. The molecule has 1 aromatic rings. The molecule has 0 bridgehead atoms. The number of nitrogens with one attached hydrogen (secondary N) is 1. The van der Waals surface area contributed by atoms with Crippen LogP contribution in [0.4, 0.5) is 0 Å². The number of carbonyl (C=O) groups is 1. The SMILES string of the molecule is COc1ccc(C(C)C)cc1C1(C(N)=O)CCNCC1. The van der Waals surface area contributed by atoms with Gasteiger partial charge in [-0.1, -0.05) is 26.0 Å². The first-order chi connectivity index (χ1) is 9.51. The van der Waals surface area contributed by atoms with E-state index in [1.54, 1.807) is 7.11 Å². The molecule has 20 heavy (non-hydrogen) atoms. The minimum atomic E-state index is -0.610.